The van der Waals surface area contributed by atoms with Crippen LogP contribution in [0.4, 0.5) is 5.69 Å². The third-order valence-electron chi connectivity index (χ3n) is 2.85. The maximum Gasteiger partial charge on any atom is 0.256 e. The van der Waals surface area contributed by atoms with Gasteiger partial charge in [-0.05, 0) is 25.0 Å². The van der Waals surface area contributed by atoms with Gasteiger partial charge in [0.05, 0.1) is 12.1 Å². The second-order valence-corrected chi connectivity index (χ2v) is 4.55. The lowest BCUT2D eigenvalue weighted by molar-refractivity contribution is -0.121. The monoisotopic (exact) mass is 263 g/mol. The molecule has 0 radical (unpaired) electrons. The van der Waals surface area contributed by atoms with E-state index in [1.807, 2.05) is 19.9 Å². The number of hydrogen-bond donors (Lipinski definition) is 2. The molecule has 1 aromatic rings. The molecular weight excluding hydrogens is 242 g/mol. The molecule has 0 saturated heterocycles. The average Bonchev–Trinajstić information content (AvgIpc) is 2.38. The highest BCUT2D eigenvalue weighted by molar-refractivity contribution is 6.01. The first kappa shape index (κ1) is 15.0. The highest BCUT2D eigenvalue weighted by atomic mass is 16.2. The lowest BCUT2D eigenvalue weighted by atomic mass is 10.1. The van der Waals surface area contributed by atoms with Crippen LogP contribution in [0.5, 0.6) is 0 Å². The van der Waals surface area contributed by atoms with Gasteiger partial charge in [-0.2, -0.15) is 0 Å². The van der Waals surface area contributed by atoms with Crippen LogP contribution in [0, 0.1) is 6.92 Å². The van der Waals surface area contributed by atoms with Crippen molar-refractivity contribution in [3.8, 4) is 0 Å². The van der Waals surface area contributed by atoms with Crippen LogP contribution in [0.2, 0.25) is 0 Å². The molecule has 0 fully saturated rings. The number of likely N-dealkylation sites (N-methyl/N-ethyl adjacent to an activating group) is 1. The Morgan fingerprint density at radius 1 is 1.37 bits per heavy atom. The highest BCUT2D eigenvalue weighted by Gasteiger charge is 2.17. The molecule has 5 heteroatoms. The Kier molecular flexibility index (Phi) is 5.36. The molecule has 0 aliphatic rings. The number of rotatable bonds is 5. The van der Waals surface area contributed by atoms with Crippen LogP contribution in [0.25, 0.3) is 0 Å². The van der Waals surface area contributed by atoms with Crippen LogP contribution in [-0.4, -0.2) is 36.9 Å². The van der Waals surface area contributed by atoms with Gasteiger partial charge in [0.15, 0.2) is 0 Å². The van der Waals surface area contributed by atoms with Gasteiger partial charge in [0, 0.05) is 19.3 Å². The van der Waals surface area contributed by atoms with E-state index in [4.69, 9.17) is 5.73 Å². The number of carbonyl (C=O) groups excluding carboxylic acids is 2. The Morgan fingerprint density at radius 3 is 2.68 bits per heavy atom. The number of nitrogen functional groups attached to an aromatic ring is 1. The molecule has 0 spiro atoms. The topological polar surface area (TPSA) is 75.4 Å². The van der Waals surface area contributed by atoms with Crippen LogP contribution < -0.4 is 11.1 Å². The molecule has 19 heavy (non-hydrogen) atoms. The summed E-state index contributed by atoms with van der Waals surface area (Å²) in [5, 5.41) is 2.73. The molecule has 0 heterocycles. The summed E-state index contributed by atoms with van der Waals surface area (Å²) in [6.45, 7) is 4.47. The molecule has 0 aliphatic carbocycles. The molecule has 3 N–H and O–H groups in total. The van der Waals surface area contributed by atoms with E-state index >= 15 is 0 Å². The third-order valence-corrected chi connectivity index (χ3v) is 2.85. The van der Waals surface area contributed by atoms with Gasteiger partial charge >= 0.3 is 0 Å². The molecule has 1 rings (SSSR count). The van der Waals surface area contributed by atoms with Gasteiger partial charge in [0.1, 0.15) is 0 Å². The lowest BCUT2D eigenvalue weighted by Gasteiger charge is -2.18. The minimum Gasteiger partial charge on any atom is -0.398 e. The molecule has 0 aromatic heterocycles. The van der Waals surface area contributed by atoms with E-state index in [1.54, 1.807) is 19.2 Å². The fourth-order valence-corrected chi connectivity index (χ4v) is 1.68. The Labute approximate surface area is 113 Å². The van der Waals surface area contributed by atoms with Crippen LogP contribution in [-0.2, 0) is 4.79 Å². The number of carbonyl (C=O) groups is 2. The Bertz CT molecular complexity index is 472. The molecule has 0 saturated carbocycles. The van der Waals surface area contributed by atoms with Crippen molar-refractivity contribution in [2.45, 2.75) is 20.3 Å². The van der Waals surface area contributed by atoms with E-state index < -0.39 is 0 Å². The van der Waals surface area contributed by atoms with E-state index in [1.165, 1.54) is 4.90 Å². The minimum atomic E-state index is -0.243. The molecule has 0 atom stereocenters. The fourth-order valence-electron chi connectivity index (χ4n) is 1.68. The van der Waals surface area contributed by atoms with Crippen molar-refractivity contribution in [3.05, 3.63) is 29.3 Å². The van der Waals surface area contributed by atoms with Crippen molar-refractivity contribution >= 4 is 17.5 Å². The average molecular weight is 263 g/mol. The number of nitrogens with one attached hydrogen (secondary N) is 1. The van der Waals surface area contributed by atoms with Gasteiger partial charge in [-0.25, -0.2) is 0 Å². The van der Waals surface area contributed by atoms with Crippen LogP contribution >= 0.6 is 0 Å². The zero-order valence-electron chi connectivity index (χ0n) is 11.7. The van der Waals surface area contributed by atoms with Crippen molar-refractivity contribution in [2.24, 2.45) is 0 Å². The van der Waals surface area contributed by atoms with Crippen molar-refractivity contribution in [2.75, 3.05) is 25.9 Å². The first-order valence-corrected chi connectivity index (χ1v) is 6.34. The molecule has 104 valence electrons. The summed E-state index contributed by atoms with van der Waals surface area (Å²) in [6.07, 6.45) is 0.869. The molecule has 0 bridgehead atoms. The van der Waals surface area contributed by atoms with Crippen molar-refractivity contribution < 1.29 is 9.59 Å². The highest BCUT2D eigenvalue weighted by Crippen LogP contribution is 2.17. The Hall–Kier alpha value is -2.04. The number of benzene rings is 1. The predicted molar refractivity (Wildman–Crippen MR) is 75.9 cm³/mol. The number of para-hydroxylation sites is 1. The Balaban J connectivity index is 2.72. The number of anilines is 1. The SMILES string of the molecule is CCCNC(=O)CN(C)C(=O)c1cccc(C)c1N. The quantitative estimate of drug-likeness (QED) is 0.783. The van der Waals surface area contributed by atoms with Crippen molar-refractivity contribution in [1.29, 1.82) is 0 Å². The van der Waals surface area contributed by atoms with Crippen LogP contribution in [0.15, 0.2) is 18.2 Å². The Morgan fingerprint density at radius 2 is 2.05 bits per heavy atom. The zero-order valence-corrected chi connectivity index (χ0v) is 11.7. The smallest absolute Gasteiger partial charge is 0.256 e. The number of nitrogens with two attached hydrogens (primary N) is 1. The second kappa shape index (κ2) is 6.78. The summed E-state index contributed by atoms with van der Waals surface area (Å²) in [4.78, 5) is 25.1. The summed E-state index contributed by atoms with van der Waals surface area (Å²) in [5.41, 5.74) is 7.64. The molecule has 1 aromatic carbocycles. The maximum absolute atomic E-state index is 12.2. The van der Waals surface area contributed by atoms with Crippen LogP contribution in [0.3, 0.4) is 0 Å². The van der Waals surface area contributed by atoms with Crippen molar-refractivity contribution in [1.82, 2.24) is 10.2 Å². The first-order valence-electron chi connectivity index (χ1n) is 6.34. The number of aryl methyl sites for hydroxylation is 1. The van der Waals surface area contributed by atoms with E-state index in [2.05, 4.69) is 5.32 Å². The first-order chi connectivity index (χ1) is 8.97. The normalized spacial score (nSPS) is 10.1. The number of hydrogen-bond acceptors (Lipinski definition) is 3. The third kappa shape index (κ3) is 3.98. The van der Waals surface area contributed by atoms with E-state index in [0.29, 0.717) is 17.8 Å². The minimum absolute atomic E-state index is 0.0339. The van der Waals surface area contributed by atoms with Crippen LogP contribution in [0.1, 0.15) is 29.3 Å². The van der Waals surface area contributed by atoms with Gasteiger partial charge in [-0.3, -0.25) is 9.59 Å². The number of nitrogens with zero attached hydrogens (tertiary/aromatic N) is 1. The second-order valence-electron chi connectivity index (χ2n) is 4.55. The number of amides is 2. The largest absolute Gasteiger partial charge is 0.398 e. The molecule has 5 nitrogen and oxygen atoms in total. The molecule has 0 unspecified atom stereocenters. The lowest BCUT2D eigenvalue weighted by Crippen LogP contribution is -2.38. The molecular formula is C14H21N3O2. The van der Waals surface area contributed by atoms with Crippen molar-refractivity contribution in [3.63, 3.8) is 0 Å². The standard InChI is InChI=1S/C14H21N3O2/c1-4-8-16-12(18)9-17(3)14(19)11-7-5-6-10(2)13(11)15/h5-7H,4,8-9,15H2,1-3H3,(H,16,18). The van der Waals surface area contributed by atoms with Gasteiger partial charge in [-0.15, -0.1) is 0 Å². The fraction of sp³-hybridized carbons (Fsp3) is 0.429. The van der Waals surface area contributed by atoms with Gasteiger partial charge in [0.2, 0.25) is 5.91 Å². The summed E-state index contributed by atoms with van der Waals surface area (Å²) in [6, 6.07) is 5.30. The maximum atomic E-state index is 12.2. The van der Waals surface area contributed by atoms with Gasteiger partial charge in [-0.1, -0.05) is 19.1 Å². The summed E-state index contributed by atoms with van der Waals surface area (Å²) in [7, 11) is 1.59. The zero-order chi connectivity index (χ0) is 14.4. The van der Waals surface area contributed by atoms with E-state index in [9.17, 15) is 9.59 Å². The van der Waals surface area contributed by atoms with Gasteiger partial charge < -0.3 is 16.0 Å². The summed E-state index contributed by atoms with van der Waals surface area (Å²) in [5.74, 6) is -0.406. The summed E-state index contributed by atoms with van der Waals surface area (Å²) >= 11 is 0. The molecule has 0 aliphatic heterocycles. The molecule has 2 amide bonds. The van der Waals surface area contributed by atoms with E-state index in [0.717, 1.165) is 12.0 Å². The van der Waals surface area contributed by atoms with E-state index in [-0.39, 0.29) is 18.4 Å². The predicted octanol–water partition coefficient (Wildman–Crippen LogP) is 1.18. The summed E-state index contributed by atoms with van der Waals surface area (Å²) < 4.78 is 0. The van der Waals surface area contributed by atoms with Gasteiger partial charge in [0.25, 0.3) is 5.91 Å².